The number of nitrogens with one attached hydrogen (secondary N) is 1. The highest BCUT2D eigenvalue weighted by molar-refractivity contribution is 7.99. The molecule has 0 atom stereocenters. The minimum atomic E-state index is -0.166. The number of hydrogen-bond acceptors (Lipinski definition) is 5. The van der Waals surface area contributed by atoms with Crippen LogP contribution in [0.1, 0.15) is 48.5 Å². The van der Waals surface area contributed by atoms with Crippen LogP contribution in [0.5, 0.6) is 0 Å². The molecule has 1 aliphatic rings. The highest BCUT2D eigenvalue weighted by Gasteiger charge is 2.26. The van der Waals surface area contributed by atoms with E-state index in [4.69, 9.17) is 4.42 Å². The van der Waals surface area contributed by atoms with Crippen LogP contribution in [0.25, 0.3) is 11.1 Å². The fourth-order valence-corrected chi connectivity index (χ4v) is 4.55. The number of aromatic nitrogens is 2. The fraction of sp³-hybridized carbons (Fsp3) is 0.381. The lowest BCUT2D eigenvalue weighted by molar-refractivity contribution is -0.113. The van der Waals surface area contributed by atoms with Crippen molar-refractivity contribution in [1.82, 2.24) is 9.55 Å². The van der Waals surface area contributed by atoms with Gasteiger partial charge in [0.2, 0.25) is 5.91 Å². The number of oxazole rings is 1. The summed E-state index contributed by atoms with van der Waals surface area (Å²) in [5.74, 6) is 0.638. The smallest absolute Gasteiger partial charge is 0.257 e. The van der Waals surface area contributed by atoms with Gasteiger partial charge in [0.15, 0.2) is 5.58 Å². The van der Waals surface area contributed by atoms with Crippen LogP contribution >= 0.6 is 11.8 Å². The van der Waals surface area contributed by atoms with Gasteiger partial charge in [-0.05, 0) is 44.4 Å². The molecule has 3 aromatic rings. The third-order valence-electron chi connectivity index (χ3n) is 5.42. The molecule has 1 aromatic carbocycles. The predicted molar refractivity (Wildman–Crippen MR) is 109 cm³/mol. The molecular weight excluding hydrogens is 372 g/mol. The van der Waals surface area contributed by atoms with Gasteiger partial charge in [-0.3, -0.25) is 4.79 Å². The van der Waals surface area contributed by atoms with Crippen molar-refractivity contribution in [3.63, 3.8) is 0 Å². The van der Waals surface area contributed by atoms with E-state index in [2.05, 4.69) is 20.9 Å². The zero-order valence-electron chi connectivity index (χ0n) is 16.0. The molecule has 1 amide bonds. The Morgan fingerprint density at radius 1 is 1.36 bits per heavy atom. The number of nitrogens with zero attached hydrogens (tertiary/aromatic N) is 3. The average Bonchev–Trinajstić information content (AvgIpc) is 3.40. The standard InChI is InChI=1S/C21H22N4O2S/c1-13-14(2)25(15-7-3-4-8-15)20(16(13)11-22)24-19(26)12-28-21-23-17-9-5-6-10-18(17)27-21/h5-6,9-10,15H,3-4,7-8,12H2,1-2H3,(H,24,26). The molecule has 0 spiro atoms. The van der Waals surface area contributed by atoms with E-state index < -0.39 is 0 Å². The number of nitriles is 1. The van der Waals surface area contributed by atoms with Crippen molar-refractivity contribution >= 4 is 34.6 Å². The number of carbonyl (C=O) groups is 1. The molecule has 2 aromatic heterocycles. The summed E-state index contributed by atoms with van der Waals surface area (Å²) in [5, 5.41) is 13.1. The summed E-state index contributed by atoms with van der Waals surface area (Å²) in [6.07, 6.45) is 4.54. The zero-order valence-corrected chi connectivity index (χ0v) is 16.8. The Hall–Kier alpha value is -2.72. The Kier molecular flexibility index (Phi) is 5.14. The number of rotatable bonds is 5. The monoisotopic (exact) mass is 394 g/mol. The second kappa shape index (κ2) is 7.72. The summed E-state index contributed by atoms with van der Waals surface area (Å²) in [6.45, 7) is 3.97. The number of amides is 1. The zero-order chi connectivity index (χ0) is 19.7. The van der Waals surface area contributed by atoms with Crippen LogP contribution < -0.4 is 5.32 Å². The first-order valence-electron chi connectivity index (χ1n) is 9.48. The maximum absolute atomic E-state index is 12.6. The molecule has 7 heteroatoms. The molecule has 0 aliphatic heterocycles. The lowest BCUT2D eigenvalue weighted by Crippen LogP contribution is -2.19. The Bertz CT molecular complexity index is 1040. The first-order chi connectivity index (χ1) is 13.6. The highest BCUT2D eigenvalue weighted by Crippen LogP contribution is 2.37. The third kappa shape index (κ3) is 3.40. The molecule has 2 heterocycles. The average molecular weight is 395 g/mol. The number of benzene rings is 1. The topological polar surface area (TPSA) is 83.8 Å². The minimum absolute atomic E-state index is 0.166. The van der Waals surface area contributed by atoms with Crippen LogP contribution in [0.2, 0.25) is 0 Å². The molecule has 0 unspecified atom stereocenters. The molecule has 28 heavy (non-hydrogen) atoms. The summed E-state index contributed by atoms with van der Waals surface area (Å²) in [5.41, 5.74) is 4.04. The number of thioether (sulfide) groups is 1. The van der Waals surface area contributed by atoms with Gasteiger partial charge in [0.1, 0.15) is 17.4 Å². The van der Waals surface area contributed by atoms with Gasteiger partial charge in [-0.1, -0.05) is 36.7 Å². The van der Waals surface area contributed by atoms with Gasteiger partial charge in [-0.25, -0.2) is 4.98 Å². The van der Waals surface area contributed by atoms with Crippen molar-refractivity contribution in [2.75, 3.05) is 11.1 Å². The van der Waals surface area contributed by atoms with Crippen molar-refractivity contribution in [3.8, 4) is 6.07 Å². The van der Waals surface area contributed by atoms with Crippen LogP contribution in [-0.2, 0) is 4.79 Å². The lowest BCUT2D eigenvalue weighted by atomic mass is 10.2. The summed E-state index contributed by atoms with van der Waals surface area (Å²) in [4.78, 5) is 17.0. The van der Waals surface area contributed by atoms with Crippen molar-refractivity contribution in [1.29, 1.82) is 5.26 Å². The number of para-hydroxylation sites is 2. The van der Waals surface area contributed by atoms with Gasteiger partial charge in [-0.15, -0.1) is 0 Å². The summed E-state index contributed by atoms with van der Waals surface area (Å²) < 4.78 is 7.81. The van der Waals surface area contributed by atoms with Crippen LogP contribution in [0.15, 0.2) is 33.9 Å². The van der Waals surface area contributed by atoms with Crippen LogP contribution in [0, 0.1) is 25.2 Å². The minimum Gasteiger partial charge on any atom is -0.431 e. The Morgan fingerprint density at radius 2 is 2.11 bits per heavy atom. The molecule has 6 nitrogen and oxygen atoms in total. The lowest BCUT2D eigenvalue weighted by Gasteiger charge is -2.19. The van der Waals surface area contributed by atoms with E-state index in [9.17, 15) is 10.1 Å². The third-order valence-corrected chi connectivity index (χ3v) is 6.25. The van der Waals surface area contributed by atoms with Gasteiger partial charge < -0.3 is 14.3 Å². The van der Waals surface area contributed by atoms with Gasteiger partial charge in [0.25, 0.3) is 5.22 Å². The van der Waals surface area contributed by atoms with E-state index in [1.807, 2.05) is 38.1 Å². The maximum atomic E-state index is 12.6. The van der Waals surface area contributed by atoms with Gasteiger partial charge >= 0.3 is 0 Å². The molecule has 1 aliphatic carbocycles. The van der Waals surface area contributed by atoms with Crippen molar-refractivity contribution in [2.24, 2.45) is 0 Å². The normalized spacial score (nSPS) is 14.5. The largest absolute Gasteiger partial charge is 0.431 e. The Labute approximate surface area is 167 Å². The summed E-state index contributed by atoms with van der Waals surface area (Å²) >= 11 is 1.25. The SMILES string of the molecule is Cc1c(C#N)c(NC(=O)CSc2nc3ccccc3o2)n(C2CCCC2)c1C. The van der Waals surface area contributed by atoms with Gasteiger partial charge in [-0.2, -0.15) is 5.26 Å². The summed E-state index contributed by atoms with van der Waals surface area (Å²) in [7, 11) is 0. The summed E-state index contributed by atoms with van der Waals surface area (Å²) in [6, 6.07) is 10.1. The van der Waals surface area contributed by atoms with Crippen molar-refractivity contribution in [3.05, 3.63) is 41.1 Å². The van der Waals surface area contributed by atoms with E-state index in [-0.39, 0.29) is 11.7 Å². The molecule has 144 valence electrons. The number of fused-ring (bicyclic) bond motifs is 1. The molecule has 1 saturated carbocycles. The van der Waals surface area contributed by atoms with E-state index in [1.165, 1.54) is 24.6 Å². The van der Waals surface area contributed by atoms with E-state index in [0.29, 0.717) is 28.2 Å². The second-order valence-corrected chi connectivity index (χ2v) is 8.07. The molecule has 0 bridgehead atoms. The maximum Gasteiger partial charge on any atom is 0.257 e. The number of anilines is 1. The molecule has 0 radical (unpaired) electrons. The van der Waals surface area contributed by atoms with Gasteiger partial charge in [0, 0.05) is 11.7 Å². The van der Waals surface area contributed by atoms with Crippen molar-refractivity contribution < 1.29 is 9.21 Å². The van der Waals surface area contributed by atoms with Crippen molar-refractivity contribution in [2.45, 2.75) is 50.8 Å². The van der Waals surface area contributed by atoms with E-state index in [0.717, 1.165) is 29.6 Å². The fourth-order valence-electron chi connectivity index (χ4n) is 3.91. The molecule has 0 saturated heterocycles. The second-order valence-electron chi connectivity index (χ2n) is 7.14. The van der Waals surface area contributed by atoms with Gasteiger partial charge in [0.05, 0.1) is 11.3 Å². The van der Waals surface area contributed by atoms with E-state index in [1.54, 1.807) is 0 Å². The Morgan fingerprint density at radius 3 is 2.82 bits per heavy atom. The number of carbonyl (C=O) groups excluding carboxylic acids is 1. The first kappa shape index (κ1) is 18.6. The van der Waals surface area contributed by atoms with E-state index >= 15 is 0 Å². The molecule has 4 rings (SSSR count). The Balaban J connectivity index is 1.52. The molecule has 1 N–H and O–H groups in total. The first-order valence-corrected chi connectivity index (χ1v) is 10.5. The quantitative estimate of drug-likeness (QED) is 0.618. The molecular formula is C21H22N4O2S. The number of hydrogen-bond donors (Lipinski definition) is 1. The van der Waals surface area contributed by atoms with Crippen LogP contribution in [-0.4, -0.2) is 21.2 Å². The highest BCUT2D eigenvalue weighted by atomic mass is 32.2. The molecule has 1 fully saturated rings. The predicted octanol–water partition coefficient (Wildman–Crippen LogP) is 4.96. The van der Waals surface area contributed by atoms with Crippen LogP contribution in [0.3, 0.4) is 0 Å². The van der Waals surface area contributed by atoms with Crippen LogP contribution in [0.4, 0.5) is 5.82 Å².